The molecule has 1 heterocycles. The molecule has 0 fully saturated rings. The van der Waals surface area contributed by atoms with Crippen molar-refractivity contribution in [3.05, 3.63) is 105 Å². The Morgan fingerprint density at radius 2 is 1.36 bits per heavy atom. The van der Waals surface area contributed by atoms with Gasteiger partial charge in [0.05, 0.1) is 11.0 Å². The maximum Gasteiger partial charge on any atom is 0.323 e. The van der Waals surface area contributed by atoms with E-state index in [0.717, 1.165) is 38.9 Å². The van der Waals surface area contributed by atoms with Crippen LogP contribution in [0.1, 0.15) is 27.8 Å². The summed E-state index contributed by atoms with van der Waals surface area (Å²) in [7, 11) is 0. The number of fused-ring (bicyclic) bond motifs is 3. The minimum Gasteiger partial charge on any atom is -0.306 e. The maximum atomic E-state index is 13.8. The summed E-state index contributed by atoms with van der Waals surface area (Å²) in [6, 6.07) is 15.2. The molecule has 0 bridgehead atoms. The predicted molar refractivity (Wildman–Crippen MR) is 106 cm³/mol. The molecule has 1 aliphatic rings. The lowest BCUT2D eigenvalue weighted by Crippen LogP contribution is -1.99. The van der Waals surface area contributed by atoms with Crippen molar-refractivity contribution in [2.75, 3.05) is 0 Å². The Bertz CT molecular complexity index is 1260. The third-order valence-electron chi connectivity index (χ3n) is 5.23. The number of imidazole rings is 1. The van der Waals surface area contributed by atoms with Crippen LogP contribution < -0.4 is 5.69 Å². The minimum atomic E-state index is -0.276. The fourth-order valence-corrected chi connectivity index (χ4v) is 3.94. The van der Waals surface area contributed by atoms with E-state index in [9.17, 15) is 13.6 Å². The van der Waals surface area contributed by atoms with Gasteiger partial charge >= 0.3 is 5.69 Å². The average molecular weight is 374 g/mol. The molecule has 28 heavy (non-hydrogen) atoms. The van der Waals surface area contributed by atoms with Gasteiger partial charge in [0, 0.05) is 0 Å². The van der Waals surface area contributed by atoms with Crippen molar-refractivity contribution in [2.45, 2.75) is 12.8 Å². The number of H-pyrrole nitrogens is 2. The van der Waals surface area contributed by atoms with Crippen molar-refractivity contribution in [2.24, 2.45) is 0 Å². The summed E-state index contributed by atoms with van der Waals surface area (Å²) in [6.45, 7) is 0. The molecule has 2 N–H and O–H groups in total. The molecule has 138 valence electrons. The SMILES string of the molecule is O=c1[nH]c2ccc(C=C3c4ccc(F)cc4CCc4cc(F)ccc43)cc2[nH]1. The molecule has 0 atom stereocenters. The highest BCUT2D eigenvalue weighted by molar-refractivity contribution is 5.95. The van der Waals surface area contributed by atoms with Gasteiger partial charge in [-0.25, -0.2) is 13.6 Å². The lowest BCUT2D eigenvalue weighted by molar-refractivity contribution is 0.623. The number of aromatic amines is 2. The maximum absolute atomic E-state index is 13.8. The van der Waals surface area contributed by atoms with Crippen molar-refractivity contribution < 1.29 is 8.78 Å². The fraction of sp³-hybridized carbons (Fsp3) is 0.0870. The van der Waals surface area contributed by atoms with Gasteiger partial charge in [0.25, 0.3) is 0 Å². The summed E-state index contributed by atoms with van der Waals surface area (Å²) in [5, 5.41) is 0. The number of aryl methyl sites for hydroxylation is 2. The molecule has 1 aromatic heterocycles. The summed E-state index contributed by atoms with van der Waals surface area (Å²) < 4.78 is 27.7. The molecule has 0 spiro atoms. The van der Waals surface area contributed by atoms with Crippen LogP contribution in [0.3, 0.4) is 0 Å². The largest absolute Gasteiger partial charge is 0.323 e. The van der Waals surface area contributed by atoms with E-state index in [0.29, 0.717) is 18.4 Å². The third kappa shape index (κ3) is 2.85. The monoisotopic (exact) mass is 374 g/mol. The predicted octanol–water partition coefficient (Wildman–Crippen LogP) is 4.82. The molecule has 0 saturated carbocycles. The number of nitrogens with one attached hydrogen (secondary N) is 2. The van der Waals surface area contributed by atoms with E-state index in [1.165, 1.54) is 12.1 Å². The normalized spacial score (nSPS) is 13.1. The Hall–Kier alpha value is -3.47. The number of halogens is 2. The van der Waals surface area contributed by atoms with Crippen LogP contribution in [0.5, 0.6) is 0 Å². The van der Waals surface area contributed by atoms with E-state index >= 15 is 0 Å². The summed E-state index contributed by atoms with van der Waals surface area (Å²) in [4.78, 5) is 17.0. The first kappa shape index (κ1) is 16.7. The van der Waals surface area contributed by atoms with Gasteiger partial charge in [0.15, 0.2) is 0 Å². The summed E-state index contributed by atoms with van der Waals surface area (Å²) in [5.41, 5.74) is 6.69. The first-order chi connectivity index (χ1) is 13.6. The van der Waals surface area contributed by atoms with Crippen LogP contribution in [-0.4, -0.2) is 9.97 Å². The van der Waals surface area contributed by atoms with Gasteiger partial charge in [-0.3, -0.25) is 0 Å². The van der Waals surface area contributed by atoms with Crippen molar-refractivity contribution in [3.8, 4) is 0 Å². The Balaban J connectivity index is 1.75. The molecule has 5 heteroatoms. The molecular weight excluding hydrogens is 358 g/mol. The quantitative estimate of drug-likeness (QED) is 0.493. The number of hydrogen-bond donors (Lipinski definition) is 2. The fourth-order valence-electron chi connectivity index (χ4n) is 3.94. The molecular formula is C23H16F2N2O. The number of hydrogen-bond acceptors (Lipinski definition) is 1. The Kier molecular flexibility index (Phi) is 3.76. The van der Waals surface area contributed by atoms with Gasteiger partial charge in [-0.2, -0.15) is 0 Å². The van der Waals surface area contributed by atoms with Crippen molar-refractivity contribution in [3.63, 3.8) is 0 Å². The van der Waals surface area contributed by atoms with Crippen molar-refractivity contribution in [1.29, 1.82) is 0 Å². The molecule has 4 aromatic rings. The van der Waals surface area contributed by atoms with Gasteiger partial charge in [0.2, 0.25) is 0 Å². The zero-order chi connectivity index (χ0) is 19.3. The lowest BCUT2D eigenvalue weighted by Gasteiger charge is -2.12. The molecule has 3 aromatic carbocycles. The zero-order valence-corrected chi connectivity index (χ0v) is 14.9. The second-order valence-electron chi connectivity index (χ2n) is 7.05. The molecule has 1 aliphatic carbocycles. The highest BCUT2D eigenvalue weighted by atomic mass is 19.1. The van der Waals surface area contributed by atoms with Gasteiger partial charge in [-0.05, 0) is 88.7 Å². The van der Waals surface area contributed by atoms with Gasteiger partial charge < -0.3 is 9.97 Å². The van der Waals surface area contributed by atoms with Gasteiger partial charge in [-0.15, -0.1) is 0 Å². The molecule has 0 radical (unpaired) electrons. The topological polar surface area (TPSA) is 48.6 Å². The summed E-state index contributed by atoms with van der Waals surface area (Å²) >= 11 is 0. The van der Waals surface area contributed by atoms with Crippen LogP contribution >= 0.6 is 0 Å². The van der Waals surface area contributed by atoms with E-state index in [-0.39, 0.29) is 17.3 Å². The first-order valence-corrected chi connectivity index (χ1v) is 9.08. The number of rotatable bonds is 1. The second kappa shape index (κ2) is 6.30. The van der Waals surface area contributed by atoms with Crippen LogP contribution in [0, 0.1) is 11.6 Å². The van der Waals surface area contributed by atoms with Crippen LogP contribution in [0.25, 0.3) is 22.7 Å². The average Bonchev–Trinajstić information content (AvgIpc) is 2.97. The van der Waals surface area contributed by atoms with Crippen LogP contribution in [-0.2, 0) is 12.8 Å². The second-order valence-corrected chi connectivity index (χ2v) is 7.05. The Labute approximate surface area is 159 Å². The molecule has 0 aliphatic heterocycles. The van der Waals surface area contributed by atoms with Crippen LogP contribution in [0.15, 0.2) is 59.4 Å². The van der Waals surface area contributed by atoms with Gasteiger partial charge in [-0.1, -0.05) is 18.2 Å². The molecule has 3 nitrogen and oxygen atoms in total. The third-order valence-corrected chi connectivity index (χ3v) is 5.23. The highest BCUT2D eigenvalue weighted by Crippen LogP contribution is 2.35. The van der Waals surface area contributed by atoms with E-state index in [4.69, 9.17) is 0 Å². The Morgan fingerprint density at radius 3 is 2.00 bits per heavy atom. The van der Waals surface area contributed by atoms with E-state index in [1.54, 1.807) is 24.3 Å². The Morgan fingerprint density at radius 1 is 0.750 bits per heavy atom. The molecule has 0 saturated heterocycles. The van der Waals surface area contributed by atoms with E-state index in [2.05, 4.69) is 9.97 Å². The van der Waals surface area contributed by atoms with Crippen molar-refractivity contribution in [1.82, 2.24) is 9.97 Å². The number of aromatic nitrogens is 2. The summed E-state index contributed by atoms with van der Waals surface area (Å²) in [6.07, 6.45) is 3.29. The molecule has 5 rings (SSSR count). The van der Waals surface area contributed by atoms with Gasteiger partial charge in [0.1, 0.15) is 11.6 Å². The number of benzene rings is 3. The van der Waals surface area contributed by atoms with Crippen LogP contribution in [0.4, 0.5) is 8.78 Å². The minimum absolute atomic E-state index is 0.254. The summed E-state index contributed by atoms with van der Waals surface area (Å²) in [5.74, 6) is -0.553. The highest BCUT2D eigenvalue weighted by Gasteiger charge is 2.19. The smallest absolute Gasteiger partial charge is 0.306 e. The first-order valence-electron chi connectivity index (χ1n) is 9.08. The van der Waals surface area contributed by atoms with E-state index in [1.807, 2.05) is 24.3 Å². The van der Waals surface area contributed by atoms with Crippen LogP contribution in [0.2, 0.25) is 0 Å². The molecule has 0 unspecified atom stereocenters. The molecule has 0 amide bonds. The lowest BCUT2D eigenvalue weighted by atomic mass is 9.92. The van der Waals surface area contributed by atoms with E-state index < -0.39 is 0 Å². The van der Waals surface area contributed by atoms with Crippen molar-refractivity contribution >= 4 is 22.7 Å². The standard InChI is InChI=1S/C23H16F2N2O/c24-16-4-6-18-14(11-16)2-3-15-12-17(25)5-7-19(15)20(18)9-13-1-8-21-22(10-13)27-23(28)26-21/h1,4-12H,2-3H2,(H2,26,27,28). The zero-order valence-electron chi connectivity index (χ0n) is 14.9.